The zero-order chi connectivity index (χ0) is 56.4. The van der Waals surface area contributed by atoms with E-state index in [4.69, 9.17) is 14.2 Å². The van der Waals surface area contributed by atoms with Crippen LogP contribution in [0.5, 0.6) is 0 Å². The number of ether oxygens (including phenoxy) is 3. The Kier molecular flexibility index (Phi) is 64.2. The SMILES string of the molecule is CC/C=C\C/C=C\C/C=C\C/C=C\C/C=C\CCCCCCCCCCCCCCCCCCCC(=O)OCC(COC(=O)CCCCCCCCCCCCCCC)OC(=O)CCCCCCCCCCCCCCCC. The van der Waals surface area contributed by atoms with Gasteiger partial charge in [-0.1, -0.05) is 338 Å². The molecular formula is C72H130O6. The molecular weight excluding hydrogens is 961 g/mol. The molecule has 0 aromatic carbocycles. The highest BCUT2D eigenvalue weighted by Gasteiger charge is 2.19. The van der Waals surface area contributed by atoms with Gasteiger partial charge in [-0.05, 0) is 64.2 Å². The molecule has 0 N–H and O–H groups in total. The number of hydrogen-bond acceptors (Lipinski definition) is 6. The normalized spacial score (nSPS) is 12.4. The van der Waals surface area contributed by atoms with Gasteiger partial charge >= 0.3 is 17.9 Å². The Bertz CT molecular complexity index is 1390. The number of unbranched alkanes of at least 4 members (excludes halogenated alkanes) is 42. The van der Waals surface area contributed by atoms with E-state index in [1.807, 2.05) is 0 Å². The lowest BCUT2D eigenvalue weighted by Crippen LogP contribution is -2.30. The fraction of sp³-hybridized carbons (Fsp3) is 0.819. The lowest BCUT2D eigenvalue weighted by Gasteiger charge is -2.18. The fourth-order valence-electron chi connectivity index (χ4n) is 10.2. The number of esters is 3. The van der Waals surface area contributed by atoms with Crippen molar-refractivity contribution in [3.63, 3.8) is 0 Å². The maximum atomic E-state index is 12.9. The van der Waals surface area contributed by atoms with Gasteiger partial charge in [0.25, 0.3) is 0 Å². The van der Waals surface area contributed by atoms with E-state index in [9.17, 15) is 14.4 Å². The third kappa shape index (κ3) is 63.9. The van der Waals surface area contributed by atoms with Crippen molar-refractivity contribution in [2.24, 2.45) is 0 Å². The van der Waals surface area contributed by atoms with E-state index >= 15 is 0 Å². The number of carbonyl (C=O) groups is 3. The molecule has 1 atom stereocenters. The number of carbonyl (C=O) groups excluding carboxylic acids is 3. The average Bonchev–Trinajstić information content (AvgIpc) is 3.44. The van der Waals surface area contributed by atoms with Gasteiger partial charge < -0.3 is 14.2 Å². The van der Waals surface area contributed by atoms with E-state index in [2.05, 4.69) is 81.5 Å². The molecule has 0 heterocycles. The Hall–Kier alpha value is -2.89. The van der Waals surface area contributed by atoms with Crippen molar-refractivity contribution in [3.8, 4) is 0 Å². The second kappa shape index (κ2) is 66.6. The van der Waals surface area contributed by atoms with Crippen LogP contribution in [0.4, 0.5) is 0 Å². The molecule has 0 spiro atoms. The van der Waals surface area contributed by atoms with Gasteiger partial charge in [-0.2, -0.15) is 0 Å². The van der Waals surface area contributed by atoms with Crippen LogP contribution in [0, 0.1) is 0 Å². The Labute approximate surface area is 485 Å². The van der Waals surface area contributed by atoms with Crippen molar-refractivity contribution in [1.82, 2.24) is 0 Å². The van der Waals surface area contributed by atoms with Gasteiger partial charge in [0.1, 0.15) is 13.2 Å². The molecule has 0 aromatic rings. The lowest BCUT2D eigenvalue weighted by molar-refractivity contribution is -0.167. The third-order valence-electron chi connectivity index (χ3n) is 15.3. The minimum atomic E-state index is -0.768. The standard InChI is InChI=1S/C72H130O6/c1-4-7-10-13-16-19-22-25-27-28-29-30-31-32-33-34-35-36-37-38-39-40-41-42-43-44-45-48-50-53-56-59-62-65-71(74)77-68-69(67-76-70(73)64-61-58-55-52-49-46-24-21-18-15-12-9-6-3)78-72(75)66-63-60-57-54-51-47-26-23-20-17-14-11-8-5-2/h7,10,16,19,25,27,29-30,32-33,69H,4-6,8-9,11-15,17-18,20-24,26,28,31,34-68H2,1-3H3/b10-7-,19-16-,27-25-,30-29-,33-32-. The summed E-state index contributed by atoms with van der Waals surface area (Å²) < 4.78 is 16.9. The van der Waals surface area contributed by atoms with Gasteiger partial charge in [0.05, 0.1) is 0 Å². The molecule has 0 saturated heterocycles. The molecule has 0 aliphatic carbocycles. The third-order valence-corrected chi connectivity index (χ3v) is 15.3. The average molecular weight is 1090 g/mol. The first-order valence-corrected chi connectivity index (χ1v) is 34.3. The molecule has 454 valence electrons. The number of hydrogen-bond donors (Lipinski definition) is 0. The highest BCUT2D eigenvalue weighted by atomic mass is 16.6. The predicted molar refractivity (Wildman–Crippen MR) is 339 cm³/mol. The lowest BCUT2D eigenvalue weighted by atomic mass is 10.0. The van der Waals surface area contributed by atoms with Gasteiger partial charge in [0, 0.05) is 19.3 Å². The molecule has 0 aromatic heterocycles. The van der Waals surface area contributed by atoms with Crippen molar-refractivity contribution < 1.29 is 28.6 Å². The minimum Gasteiger partial charge on any atom is -0.462 e. The van der Waals surface area contributed by atoms with Crippen molar-refractivity contribution in [2.75, 3.05) is 13.2 Å². The molecule has 0 aliphatic heterocycles. The molecule has 0 radical (unpaired) electrons. The molecule has 0 saturated carbocycles. The Morgan fingerprint density at radius 3 is 0.782 bits per heavy atom. The maximum Gasteiger partial charge on any atom is 0.306 e. The summed E-state index contributed by atoms with van der Waals surface area (Å²) in [6.07, 6.45) is 85.4. The van der Waals surface area contributed by atoms with Crippen LogP contribution in [-0.2, 0) is 28.6 Å². The first-order chi connectivity index (χ1) is 38.5. The van der Waals surface area contributed by atoms with Gasteiger partial charge in [0.2, 0.25) is 0 Å². The quantitative estimate of drug-likeness (QED) is 0.0261. The zero-order valence-electron chi connectivity index (χ0n) is 52.2. The van der Waals surface area contributed by atoms with Crippen LogP contribution < -0.4 is 0 Å². The summed E-state index contributed by atoms with van der Waals surface area (Å²) in [5.41, 5.74) is 0. The monoisotopic (exact) mass is 1090 g/mol. The van der Waals surface area contributed by atoms with E-state index in [0.717, 1.165) is 89.9 Å². The molecule has 6 nitrogen and oxygen atoms in total. The van der Waals surface area contributed by atoms with Crippen LogP contribution >= 0.6 is 0 Å². The molecule has 6 heteroatoms. The molecule has 0 rings (SSSR count). The molecule has 78 heavy (non-hydrogen) atoms. The largest absolute Gasteiger partial charge is 0.462 e. The predicted octanol–water partition coefficient (Wildman–Crippen LogP) is 23.5. The van der Waals surface area contributed by atoms with E-state index in [0.29, 0.717) is 19.3 Å². The Balaban J connectivity index is 4.10. The van der Waals surface area contributed by atoms with Crippen molar-refractivity contribution in [2.45, 2.75) is 367 Å². The summed E-state index contributed by atoms with van der Waals surface area (Å²) in [7, 11) is 0. The van der Waals surface area contributed by atoms with Gasteiger partial charge in [0.15, 0.2) is 6.10 Å². The summed E-state index contributed by atoms with van der Waals surface area (Å²) in [5, 5.41) is 0. The molecule has 0 amide bonds. The summed E-state index contributed by atoms with van der Waals surface area (Å²) in [6, 6.07) is 0. The van der Waals surface area contributed by atoms with Crippen LogP contribution in [-0.4, -0.2) is 37.2 Å². The van der Waals surface area contributed by atoms with E-state index < -0.39 is 6.10 Å². The topological polar surface area (TPSA) is 78.9 Å². The van der Waals surface area contributed by atoms with E-state index in [-0.39, 0.29) is 31.1 Å². The second-order valence-electron chi connectivity index (χ2n) is 23.1. The first kappa shape index (κ1) is 75.1. The number of allylic oxidation sites excluding steroid dienone is 10. The van der Waals surface area contributed by atoms with Crippen molar-refractivity contribution >= 4 is 17.9 Å². The smallest absolute Gasteiger partial charge is 0.306 e. The van der Waals surface area contributed by atoms with Gasteiger partial charge in [-0.3, -0.25) is 14.4 Å². The van der Waals surface area contributed by atoms with Gasteiger partial charge in [-0.25, -0.2) is 0 Å². The number of rotatable bonds is 63. The highest BCUT2D eigenvalue weighted by Crippen LogP contribution is 2.18. The summed E-state index contributed by atoms with van der Waals surface area (Å²) >= 11 is 0. The van der Waals surface area contributed by atoms with E-state index in [1.54, 1.807) is 0 Å². The van der Waals surface area contributed by atoms with Crippen LogP contribution in [0.25, 0.3) is 0 Å². The molecule has 0 bridgehead atoms. The highest BCUT2D eigenvalue weighted by molar-refractivity contribution is 5.71. The van der Waals surface area contributed by atoms with Crippen molar-refractivity contribution in [3.05, 3.63) is 60.8 Å². The van der Waals surface area contributed by atoms with E-state index in [1.165, 1.54) is 231 Å². The van der Waals surface area contributed by atoms with Crippen LogP contribution in [0.2, 0.25) is 0 Å². The van der Waals surface area contributed by atoms with Crippen LogP contribution in [0.1, 0.15) is 361 Å². The second-order valence-corrected chi connectivity index (χ2v) is 23.1. The van der Waals surface area contributed by atoms with Crippen LogP contribution in [0.3, 0.4) is 0 Å². The molecule has 0 fully saturated rings. The zero-order valence-corrected chi connectivity index (χ0v) is 52.2. The Morgan fingerprint density at radius 1 is 0.269 bits per heavy atom. The maximum absolute atomic E-state index is 12.9. The first-order valence-electron chi connectivity index (χ1n) is 34.3. The van der Waals surface area contributed by atoms with Crippen LogP contribution in [0.15, 0.2) is 60.8 Å². The minimum absolute atomic E-state index is 0.0661. The molecule has 0 aliphatic rings. The van der Waals surface area contributed by atoms with Crippen molar-refractivity contribution in [1.29, 1.82) is 0 Å². The summed E-state index contributed by atoms with van der Waals surface area (Å²) in [5.74, 6) is -0.841. The fourth-order valence-corrected chi connectivity index (χ4v) is 10.2. The summed E-state index contributed by atoms with van der Waals surface area (Å²) in [4.78, 5) is 38.3. The van der Waals surface area contributed by atoms with Gasteiger partial charge in [-0.15, -0.1) is 0 Å². The summed E-state index contributed by atoms with van der Waals surface area (Å²) in [6.45, 7) is 6.58. The Morgan fingerprint density at radius 2 is 0.500 bits per heavy atom. The molecule has 1 unspecified atom stereocenters.